The van der Waals surface area contributed by atoms with E-state index in [4.69, 9.17) is 0 Å². The van der Waals surface area contributed by atoms with E-state index in [2.05, 4.69) is 15.0 Å². The monoisotopic (exact) mass is 346 g/mol. The molecule has 2 saturated carbocycles. The minimum atomic E-state index is -4.44. The topological polar surface area (TPSA) is 51.2 Å². The maximum Gasteiger partial charge on any atom is 0.422 e. The summed E-state index contributed by atoms with van der Waals surface area (Å²) in [6.45, 7) is -1.28. The summed E-state index contributed by atoms with van der Waals surface area (Å²) < 4.78 is 55.2. The number of hydrogen-bond acceptors (Lipinski definition) is 3. The largest absolute Gasteiger partial charge is 0.468 e. The van der Waals surface area contributed by atoms with Crippen molar-refractivity contribution >= 4 is 5.91 Å². The molecule has 2 bridgehead atoms. The van der Waals surface area contributed by atoms with Gasteiger partial charge in [0.1, 0.15) is 5.67 Å². The summed E-state index contributed by atoms with van der Waals surface area (Å²) >= 11 is 0. The Kier molecular flexibility index (Phi) is 4.17. The van der Waals surface area contributed by atoms with Crippen LogP contribution in [0, 0.1) is 5.41 Å². The number of nitrogens with zero attached hydrogens (tertiary/aromatic N) is 1. The molecule has 3 rings (SSSR count). The van der Waals surface area contributed by atoms with Crippen molar-refractivity contribution in [3.8, 4) is 5.88 Å². The summed E-state index contributed by atoms with van der Waals surface area (Å²) in [4.78, 5) is 16.1. The molecule has 1 aromatic rings. The Bertz CT molecular complexity index is 625. The lowest BCUT2D eigenvalue weighted by molar-refractivity contribution is -0.154. The van der Waals surface area contributed by atoms with Crippen LogP contribution in [0.5, 0.6) is 5.88 Å². The number of amides is 1. The molecule has 0 atom stereocenters. The van der Waals surface area contributed by atoms with E-state index in [0.717, 1.165) is 0 Å². The van der Waals surface area contributed by atoms with Gasteiger partial charge in [0.05, 0.1) is 5.41 Å². The van der Waals surface area contributed by atoms with E-state index < -0.39 is 23.9 Å². The first-order valence-electron chi connectivity index (χ1n) is 7.82. The second-order valence-corrected chi connectivity index (χ2v) is 6.70. The lowest BCUT2D eigenvalue weighted by Gasteiger charge is -2.24. The highest BCUT2D eigenvalue weighted by Gasteiger charge is 2.58. The first-order valence-corrected chi connectivity index (χ1v) is 7.82. The molecule has 1 amide bonds. The number of alkyl halides is 4. The zero-order valence-electron chi connectivity index (χ0n) is 13.0. The van der Waals surface area contributed by atoms with Crippen LogP contribution in [0.1, 0.15) is 37.7 Å². The zero-order chi connectivity index (χ0) is 17.4. The Morgan fingerprint density at radius 1 is 1.29 bits per heavy atom. The molecule has 1 N–H and O–H groups in total. The number of halogens is 4. The molecule has 0 radical (unpaired) electrons. The van der Waals surface area contributed by atoms with E-state index in [0.29, 0.717) is 31.2 Å². The average molecular weight is 346 g/mol. The van der Waals surface area contributed by atoms with Crippen molar-refractivity contribution in [1.29, 1.82) is 0 Å². The fraction of sp³-hybridized carbons (Fsp3) is 0.625. The van der Waals surface area contributed by atoms with Gasteiger partial charge in [0, 0.05) is 18.8 Å². The highest BCUT2D eigenvalue weighted by Crippen LogP contribution is 2.58. The van der Waals surface area contributed by atoms with E-state index >= 15 is 0 Å². The summed E-state index contributed by atoms with van der Waals surface area (Å²) in [5.41, 5.74) is -1.25. The smallest absolute Gasteiger partial charge is 0.422 e. The molecule has 0 aromatic carbocycles. The number of aromatic nitrogens is 1. The Labute approximate surface area is 136 Å². The molecular formula is C16H18F4N2O2. The third-order valence-corrected chi connectivity index (χ3v) is 4.88. The first kappa shape index (κ1) is 17.0. The molecule has 4 nitrogen and oxygen atoms in total. The van der Waals surface area contributed by atoms with Crippen LogP contribution in [0.3, 0.4) is 0 Å². The van der Waals surface area contributed by atoms with Crippen LogP contribution in [0.25, 0.3) is 0 Å². The molecule has 8 heteroatoms. The van der Waals surface area contributed by atoms with E-state index in [1.807, 2.05) is 0 Å². The average Bonchev–Trinajstić information content (AvgIpc) is 3.05. The molecule has 2 aliphatic carbocycles. The van der Waals surface area contributed by atoms with E-state index in [-0.39, 0.29) is 24.8 Å². The highest BCUT2D eigenvalue weighted by atomic mass is 19.4. The third kappa shape index (κ3) is 3.62. The molecule has 0 aliphatic heterocycles. The van der Waals surface area contributed by atoms with Gasteiger partial charge in [-0.1, -0.05) is 0 Å². The number of ether oxygens (including phenoxy) is 1. The van der Waals surface area contributed by atoms with Crippen LogP contribution < -0.4 is 10.1 Å². The van der Waals surface area contributed by atoms with Gasteiger partial charge in [-0.25, -0.2) is 9.37 Å². The van der Waals surface area contributed by atoms with E-state index in [1.165, 1.54) is 12.3 Å². The van der Waals surface area contributed by atoms with Gasteiger partial charge in [-0.2, -0.15) is 13.2 Å². The Morgan fingerprint density at radius 3 is 2.58 bits per heavy atom. The van der Waals surface area contributed by atoms with Gasteiger partial charge in [0.2, 0.25) is 11.8 Å². The van der Waals surface area contributed by atoms with Crippen molar-refractivity contribution in [2.24, 2.45) is 5.41 Å². The van der Waals surface area contributed by atoms with Crippen LogP contribution in [0.2, 0.25) is 0 Å². The molecule has 0 unspecified atom stereocenters. The minimum Gasteiger partial charge on any atom is -0.468 e. The predicted octanol–water partition coefficient (Wildman–Crippen LogP) is 3.31. The zero-order valence-corrected chi connectivity index (χ0v) is 13.0. The predicted molar refractivity (Wildman–Crippen MR) is 77.0 cm³/mol. The SMILES string of the molecule is O=C(NCc1ccnc(OCC(F)(F)F)c1)C12CCC(F)(CC1)C2. The molecule has 0 spiro atoms. The Balaban J connectivity index is 1.56. The molecule has 132 valence electrons. The summed E-state index contributed by atoms with van der Waals surface area (Å²) in [5.74, 6) is -0.337. The maximum atomic E-state index is 14.2. The van der Waals surface area contributed by atoms with Gasteiger partial charge in [-0.3, -0.25) is 4.79 Å². The van der Waals surface area contributed by atoms with Crippen molar-refractivity contribution < 1.29 is 27.1 Å². The first-order chi connectivity index (χ1) is 11.2. The Morgan fingerprint density at radius 2 is 2.00 bits per heavy atom. The molecule has 2 fully saturated rings. The van der Waals surface area contributed by atoms with Crippen LogP contribution in [-0.4, -0.2) is 29.3 Å². The van der Waals surface area contributed by atoms with Crippen molar-refractivity contribution in [2.75, 3.05) is 6.61 Å². The lowest BCUT2D eigenvalue weighted by Crippen LogP contribution is -2.37. The number of rotatable bonds is 5. The molecule has 0 saturated heterocycles. The van der Waals surface area contributed by atoms with E-state index in [1.54, 1.807) is 6.07 Å². The Hall–Kier alpha value is -1.86. The number of fused-ring (bicyclic) bond motifs is 2. The molecule has 1 aromatic heterocycles. The molecule has 24 heavy (non-hydrogen) atoms. The second-order valence-electron chi connectivity index (χ2n) is 6.70. The van der Waals surface area contributed by atoms with Gasteiger partial charge in [0.15, 0.2) is 6.61 Å². The summed E-state index contributed by atoms with van der Waals surface area (Å²) in [5, 5.41) is 2.76. The van der Waals surface area contributed by atoms with Crippen molar-refractivity contribution in [1.82, 2.24) is 10.3 Å². The fourth-order valence-corrected chi connectivity index (χ4v) is 3.61. The van der Waals surface area contributed by atoms with E-state index in [9.17, 15) is 22.4 Å². The van der Waals surface area contributed by atoms with Gasteiger partial charge in [-0.05, 0) is 43.7 Å². The number of carbonyl (C=O) groups is 1. The van der Waals surface area contributed by atoms with Crippen LogP contribution >= 0.6 is 0 Å². The molecule has 1 heterocycles. The van der Waals surface area contributed by atoms with Gasteiger partial charge in [0.25, 0.3) is 0 Å². The number of carbonyl (C=O) groups excluding carboxylic acids is 1. The number of nitrogens with one attached hydrogen (secondary N) is 1. The van der Waals surface area contributed by atoms with Gasteiger partial charge in [-0.15, -0.1) is 0 Å². The highest BCUT2D eigenvalue weighted by molar-refractivity contribution is 5.83. The molecular weight excluding hydrogens is 328 g/mol. The minimum absolute atomic E-state index is 0.144. The van der Waals surface area contributed by atoms with Crippen molar-refractivity contribution in [3.05, 3.63) is 23.9 Å². The second kappa shape index (κ2) is 5.89. The quantitative estimate of drug-likeness (QED) is 0.832. The van der Waals surface area contributed by atoms with Gasteiger partial charge < -0.3 is 10.1 Å². The van der Waals surface area contributed by atoms with Crippen molar-refractivity contribution in [2.45, 2.75) is 50.5 Å². The van der Waals surface area contributed by atoms with Gasteiger partial charge >= 0.3 is 6.18 Å². The lowest BCUT2D eigenvalue weighted by atomic mass is 9.83. The normalized spacial score (nSPS) is 28.8. The van der Waals surface area contributed by atoms with Crippen molar-refractivity contribution in [3.63, 3.8) is 0 Å². The summed E-state index contributed by atoms with van der Waals surface area (Å²) in [6, 6.07) is 2.94. The van der Waals surface area contributed by atoms with Crippen LogP contribution in [-0.2, 0) is 11.3 Å². The summed E-state index contributed by atoms with van der Waals surface area (Å²) in [6.07, 6.45) is -0.909. The number of pyridine rings is 1. The summed E-state index contributed by atoms with van der Waals surface area (Å²) in [7, 11) is 0. The standard InChI is InChI=1S/C16H18F4N2O2/c17-15-4-2-14(9-15,3-5-15)13(23)22-8-11-1-6-21-12(7-11)24-10-16(18,19)20/h1,6-7H,2-5,8-10H2,(H,22,23). The molecule has 2 aliphatic rings. The fourth-order valence-electron chi connectivity index (χ4n) is 3.61. The van der Waals surface area contributed by atoms with Crippen LogP contribution in [0.4, 0.5) is 17.6 Å². The maximum absolute atomic E-state index is 14.2. The van der Waals surface area contributed by atoms with Crippen LogP contribution in [0.15, 0.2) is 18.3 Å². The third-order valence-electron chi connectivity index (χ3n) is 4.88. The number of hydrogen-bond donors (Lipinski definition) is 1.